The Morgan fingerprint density at radius 1 is 1.17 bits per heavy atom. The highest BCUT2D eigenvalue weighted by Crippen LogP contribution is 2.30. The van der Waals surface area contributed by atoms with Gasteiger partial charge in [-0.25, -0.2) is 0 Å². The molecule has 3 rings (SSSR count). The summed E-state index contributed by atoms with van der Waals surface area (Å²) in [5.74, 6) is 0.860. The molecule has 0 aromatic heterocycles. The van der Waals surface area contributed by atoms with Gasteiger partial charge in [-0.15, -0.1) is 0 Å². The molecule has 1 aliphatic heterocycles. The summed E-state index contributed by atoms with van der Waals surface area (Å²) in [6, 6.07) is 9.66. The molecule has 18 heavy (non-hydrogen) atoms. The van der Waals surface area contributed by atoms with E-state index in [2.05, 4.69) is 41.4 Å². The number of nitrogens with zero attached hydrogens (tertiary/aromatic N) is 1. The molecular weight excluding hydrogens is 220 g/mol. The van der Waals surface area contributed by atoms with Crippen molar-refractivity contribution in [2.24, 2.45) is 5.92 Å². The first-order chi connectivity index (χ1) is 8.86. The quantitative estimate of drug-likeness (QED) is 0.876. The molecule has 1 fully saturated rings. The van der Waals surface area contributed by atoms with Crippen molar-refractivity contribution in [3.8, 4) is 0 Å². The summed E-state index contributed by atoms with van der Waals surface area (Å²) in [6.07, 6.45) is 4.19. The van der Waals surface area contributed by atoms with Crippen molar-refractivity contribution < 1.29 is 0 Å². The summed E-state index contributed by atoms with van der Waals surface area (Å²) in [5, 5.41) is 3.66. The molecule has 1 N–H and O–H groups in total. The first-order valence-corrected chi connectivity index (χ1v) is 7.39. The summed E-state index contributed by atoms with van der Waals surface area (Å²) in [6.45, 7) is 6.92. The summed E-state index contributed by atoms with van der Waals surface area (Å²) < 4.78 is 0. The van der Waals surface area contributed by atoms with Crippen molar-refractivity contribution in [1.29, 1.82) is 0 Å². The maximum atomic E-state index is 3.66. The van der Waals surface area contributed by atoms with Gasteiger partial charge < -0.3 is 5.32 Å². The van der Waals surface area contributed by atoms with Gasteiger partial charge in [-0.3, -0.25) is 4.90 Å². The average molecular weight is 244 g/mol. The van der Waals surface area contributed by atoms with Crippen LogP contribution < -0.4 is 5.32 Å². The van der Waals surface area contributed by atoms with Gasteiger partial charge in [-0.2, -0.15) is 0 Å². The number of hydrogen-bond acceptors (Lipinski definition) is 2. The fourth-order valence-electron chi connectivity index (χ4n) is 3.65. The molecule has 2 unspecified atom stereocenters. The normalized spacial score (nSPS) is 27.6. The average Bonchev–Trinajstić information content (AvgIpc) is 2.97. The van der Waals surface area contributed by atoms with E-state index in [1.54, 1.807) is 0 Å². The van der Waals surface area contributed by atoms with Crippen LogP contribution in [-0.2, 0) is 13.1 Å². The molecule has 0 saturated heterocycles. The Morgan fingerprint density at radius 2 is 1.89 bits per heavy atom. The van der Waals surface area contributed by atoms with Crippen molar-refractivity contribution in [3.05, 3.63) is 35.4 Å². The van der Waals surface area contributed by atoms with Crippen LogP contribution in [0.3, 0.4) is 0 Å². The van der Waals surface area contributed by atoms with Crippen LogP contribution >= 0.6 is 0 Å². The lowest BCUT2D eigenvalue weighted by Crippen LogP contribution is -2.37. The SMILES string of the molecule is CCNC1CCCC1CN1Cc2ccccc2C1. The number of benzene rings is 1. The lowest BCUT2D eigenvalue weighted by molar-refractivity contribution is 0.217. The van der Waals surface area contributed by atoms with Gasteiger partial charge in [-0.1, -0.05) is 37.6 Å². The second kappa shape index (κ2) is 5.41. The Labute approximate surface area is 110 Å². The van der Waals surface area contributed by atoms with Crippen molar-refractivity contribution in [2.75, 3.05) is 13.1 Å². The van der Waals surface area contributed by atoms with Crippen LogP contribution in [0.25, 0.3) is 0 Å². The molecule has 0 radical (unpaired) electrons. The third-order valence-corrected chi connectivity index (χ3v) is 4.52. The first kappa shape index (κ1) is 12.2. The van der Waals surface area contributed by atoms with Crippen LogP contribution in [0.2, 0.25) is 0 Å². The van der Waals surface area contributed by atoms with Crippen LogP contribution in [-0.4, -0.2) is 24.0 Å². The zero-order valence-electron chi connectivity index (χ0n) is 11.4. The smallest absolute Gasteiger partial charge is 0.0240 e. The van der Waals surface area contributed by atoms with Crippen molar-refractivity contribution in [2.45, 2.75) is 45.3 Å². The van der Waals surface area contributed by atoms with Gasteiger partial charge in [0.05, 0.1) is 0 Å². The van der Waals surface area contributed by atoms with Gasteiger partial charge in [0.1, 0.15) is 0 Å². The number of nitrogens with one attached hydrogen (secondary N) is 1. The predicted octanol–water partition coefficient (Wildman–Crippen LogP) is 2.78. The Balaban J connectivity index is 1.59. The summed E-state index contributed by atoms with van der Waals surface area (Å²) in [4.78, 5) is 2.63. The summed E-state index contributed by atoms with van der Waals surface area (Å²) in [7, 11) is 0. The van der Waals surface area contributed by atoms with E-state index >= 15 is 0 Å². The standard InChI is InChI=1S/C16H24N2/c1-2-17-16-9-5-8-15(16)12-18-10-13-6-3-4-7-14(13)11-18/h3-4,6-7,15-17H,2,5,8-12H2,1H3. The molecule has 0 bridgehead atoms. The van der Waals surface area contributed by atoms with Crippen LogP contribution in [0, 0.1) is 5.92 Å². The minimum atomic E-state index is 0.763. The molecule has 1 aromatic rings. The van der Waals surface area contributed by atoms with E-state index in [0.29, 0.717) is 0 Å². The lowest BCUT2D eigenvalue weighted by atomic mass is 10.0. The molecule has 2 atom stereocenters. The lowest BCUT2D eigenvalue weighted by Gasteiger charge is -2.25. The van der Waals surface area contributed by atoms with Crippen LogP contribution in [0.1, 0.15) is 37.3 Å². The summed E-state index contributed by atoms with van der Waals surface area (Å²) in [5.41, 5.74) is 3.07. The monoisotopic (exact) mass is 244 g/mol. The highest BCUT2D eigenvalue weighted by Gasteiger charge is 2.29. The van der Waals surface area contributed by atoms with Crippen LogP contribution in [0.15, 0.2) is 24.3 Å². The molecule has 2 nitrogen and oxygen atoms in total. The number of rotatable bonds is 4. The van der Waals surface area contributed by atoms with Gasteiger partial charge in [0.2, 0.25) is 0 Å². The number of hydrogen-bond donors (Lipinski definition) is 1. The minimum Gasteiger partial charge on any atom is -0.314 e. The van der Waals surface area contributed by atoms with Gasteiger partial charge >= 0.3 is 0 Å². The van der Waals surface area contributed by atoms with E-state index < -0.39 is 0 Å². The molecule has 1 heterocycles. The van der Waals surface area contributed by atoms with E-state index in [9.17, 15) is 0 Å². The Morgan fingerprint density at radius 3 is 2.56 bits per heavy atom. The Kier molecular flexibility index (Phi) is 3.67. The molecule has 1 aliphatic carbocycles. The highest BCUT2D eigenvalue weighted by atomic mass is 15.1. The predicted molar refractivity (Wildman–Crippen MR) is 75.4 cm³/mol. The van der Waals surface area contributed by atoms with Crippen molar-refractivity contribution in [3.63, 3.8) is 0 Å². The van der Waals surface area contributed by atoms with Crippen molar-refractivity contribution in [1.82, 2.24) is 10.2 Å². The van der Waals surface area contributed by atoms with Gasteiger partial charge in [-0.05, 0) is 36.4 Å². The van der Waals surface area contributed by atoms with E-state index in [4.69, 9.17) is 0 Å². The molecule has 2 aliphatic rings. The van der Waals surface area contributed by atoms with E-state index in [1.807, 2.05) is 0 Å². The topological polar surface area (TPSA) is 15.3 Å². The fraction of sp³-hybridized carbons (Fsp3) is 0.625. The van der Waals surface area contributed by atoms with Gasteiger partial charge in [0, 0.05) is 25.7 Å². The zero-order valence-corrected chi connectivity index (χ0v) is 11.4. The molecule has 2 heteroatoms. The first-order valence-electron chi connectivity index (χ1n) is 7.39. The largest absolute Gasteiger partial charge is 0.314 e. The third kappa shape index (κ3) is 2.45. The van der Waals surface area contributed by atoms with Crippen LogP contribution in [0.4, 0.5) is 0 Å². The Hall–Kier alpha value is -0.860. The Bertz CT molecular complexity index is 377. The van der Waals surface area contributed by atoms with E-state index in [0.717, 1.165) is 31.6 Å². The highest BCUT2D eigenvalue weighted by molar-refractivity contribution is 5.30. The van der Waals surface area contributed by atoms with Gasteiger partial charge in [0.15, 0.2) is 0 Å². The second-order valence-corrected chi connectivity index (χ2v) is 5.79. The van der Waals surface area contributed by atoms with Crippen LogP contribution in [0.5, 0.6) is 0 Å². The molecular formula is C16H24N2. The number of fused-ring (bicyclic) bond motifs is 1. The molecule has 1 saturated carbocycles. The maximum absolute atomic E-state index is 3.66. The molecule has 1 aromatic carbocycles. The van der Waals surface area contributed by atoms with E-state index in [1.165, 1.54) is 36.9 Å². The molecule has 0 spiro atoms. The summed E-state index contributed by atoms with van der Waals surface area (Å²) >= 11 is 0. The third-order valence-electron chi connectivity index (χ3n) is 4.52. The van der Waals surface area contributed by atoms with E-state index in [-0.39, 0.29) is 0 Å². The second-order valence-electron chi connectivity index (χ2n) is 5.79. The maximum Gasteiger partial charge on any atom is 0.0240 e. The fourth-order valence-corrected chi connectivity index (χ4v) is 3.65. The minimum absolute atomic E-state index is 0.763. The zero-order chi connectivity index (χ0) is 12.4. The molecule has 98 valence electrons. The van der Waals surface area contributed by atoms with Gasteiger partial charge in [0.25, 0.3) is 0 Å². The van der Waals surface area contributed by atoms with Crippen molar-refractivity contribution >= 4 is 0 Å². The molecule has 0 amide bonds.